The number of nitrogens with one attached hydrogen (secondary N) is 2. The fourth-order valence-corrected chi connectivity index (χ4v) is 3.38. The lowest BCUT2D eigenvalue weighted by atomic mass is 9.87. The van der Waals surface area contributed by atoms with Crippen LogP contribution in [-0.2, 0) is 5.41 Å². The SMILES string of the molecule is CC(C)(C)c1ccc(C(=O)NCCSc2ncc(-c3ccccc3)[nH]2)cc1. The molecule has 0 radical (unpaired) electrons. The molecule has 0 aliphatic heterocycles. The molecule has 0 unspecified atom stereocenters. The second kappa shape index (κ2) is 8.44. The smallest absolute Gasteiger partial charge is 0.251 e. The lowest BCUT2D eigenvalue weighted by Gasteiger charge is -2.19. The molecule has 1 heterocycles. The number of aromatic amines is 1. The Morgan fingerprint density at radius 2 is 1.78 bits per heavy atom. The molecule has 1 amide bonds. The van der Waals surface area contributed by atoms with Gasteiger partial charge in [0.05, 0.1) is 11.9 Å². The molecule has 0 aliphatic carbocycles. The molecule has 0 fully saturated rings. The number of hydrogen-bond acceptors (Lipinski definition) is 3. The number of hydrogen-bond donors (Lipinski definition) is 2. The Morgan fingerprint density at radius 1 is 1.07 bits per heavy atom. The van der Waals surface area contributed by atoms with E-state index < -0.39 is 0 Å². The van der Waals surface area contributed by atoms with Gasteiger partial charge in [-0.15, -0.1) is 0 Å². The van der Waals surface area contributed by atoms with Gasteiger partial charge in [0.15, 0.2) is 5.16 Å². The molecular weight excluding hydrogens is 354 g/mol. The molecule has 5 heteroatoms. The van der Waals surface area contributed by atoms with E-state index in [1.165, 1.54) is 5.56 Å². The summed E-state index contributed by atoms with van der Waals surface area (Å²) in [6.07, 6.45) is 1.84. The first-order valence-electron chi connectivity index (χ1n) is 9.05. The van der Waals surface area contributed by atoms with Crippen LogP contribution in [0.1, 0.15) is 36.7 Å². The van der Waals surface area contributed by atoms with Crippen molar-refractivity contribution in [1.82, 2.24) is 15.3 Å². The zero-order valence-electron chi connectivity index (χ0n) is 16.0. The maximum atomic E-state index is 12.3. The molecule has 3 rings (SSSR count). The highest BCUT2D eigenvalue weighted by Gasteiger charge is 2.14. The van der Waals surface area contributed by atoms with E-state index in [1.54, 1.807) is 11.8 Å². The molecule has 0 bridgehead atoms. The highest BCUT2D eigenvalue weighted by molar-refractivity contribution is 7.99. The monoisotopic (exact) mass is 379 g/mol. The number of H-pyrrole nitrogens is 1. The Balaban J connectivity index is 1.46. The third kappa shape index (κ3) is 5.23. The van der Waals surface area contributed by atoms with Gasteiger partial charge in [-0.2, -0.15) is 0 Å². The molecule has 0 saturated carbocycles. The molecule has 3 aromatic rings. The summed E-state index contributed by atoms with van der Waals surface area (Å²) in [7, 11) is 0. The highest BCUT2D eigenvalue weighted by atomic mass is 32.2. The minimum Gasteiger partial charge on any atom is -0.351 e. The van der Waals surface area contributed by atoms with Crippen LogP contribution in [0.25, 0.3) is 11.3 Å². The van der Waals surface area contributed by atoms with Crippen LogP contribution in [0, 0.1) is 0 Å². The minimum atomic E-state index is -0.0412. The first-order valence-corrected chi connectivity index (χ1v) is 10.0. The number of carbonyl (C=O) groups excluding carboxylic acids is 1. The summed E-state index contributed by atoms with van der Waals surface area (Å²) in [5.41, 5.74) is 4.12. The highest BCUT2D eigenvalue weighted by Crippen LogP contribution is 2.22. The third-order valence-electron chi connectivity index (χ3n) is 4.28. The number of imidazole rings is 1. The minimum absolute atomic E-state index is 0.0412. The van der Waals surface area contributed by atoms with Crippen molar-refractivity contribution in [3.8, 4) is 11.3 Å². The number of rotatable bonds is 6. The van der Waals surface area contributed by atoms with E-state index >= 15 is 0 Å². The lowest BCUT2D eigenvalue weighted by molar-refractivity contribution is 0.0956. The van der Waals surface area contributed by atoms with Crippen LogP contribution >= 0.6 is 11.8 Å². The first kappa shape index (κ1) is 19.2. The van der Waals surface area contributed by atoms with Crippen molar-refractivity contribution in [2.45, 2.75) is 31.3 Å². The second-order valence-electron chi connectivity index (χ2n) is 7.40. The predicted octanol–water partition coefficient (Wildman–Crippen LogP) is 4.90. The molecule has 140 valence electrons. The van der Waals surface area contributed by atoms with Crippen molar-refractivity contribution in [1.29, 1.82) is 0 Å². The van der Waals surface area contributed by atoms with Gasteiger partial charge < -0.3 is 10.3 Å². The standard InChI is InChI=1S/C22H25N3OS/c1-22(2,3)18-11-9-17(10-12-18)20(26)23-13-14-27-21-24-15-19(25-21)16-7-5-4-6-8-16/h4-12,15H,13-14H2,1-3H3,(H,23,26)(H,24,25). The molecule has 0 saturated heterocycles. The van der Waals surface area contributed by atoms with Gasteiger partial charge >= 0.3 is 0 Å². The quantitative estimate of drug-likeness (QED) is 0.473. The summed E-state index contributed by atoms with van der Waals surface area (Å²) in [6.45, 7) is 7.08. The van der Waals surface area contributed by atoms with E-state index in [0.29, 0.717) is 12.1 Å². The lowest BCUT2D eigenvalue weighted by Crippen LogP contribution is -2.25. The van der Waals surface area contributed by atoms with E-state index in [4.69, 9.17) is 0 Å². The van der Waals surface area contributed by atoms with E-state index in [1.807, 2.05) is 60.8 Å². The number of nitrogens with zero attached hydrogens (tertiary/aromatic N) is 1. The Morgan fingerprint density at radius 3 is 2.44 bits per heavy atom. The van der Waals surface area contributed by atoms with Crippen LogP contribution in [0.2, 0.25) is 0 Å². The van der Waals surface area contributed by atoms with Crippen LogP contribution < -0.4 is 5.32 Å². The number of aromatic nitrogens is 2. The van der Waals surface area contributed by atoms with Crippen LogP contribution in [-0.4, -0.2) is 28.2 Å². The molecule has 27 heavy (non-hydrogen) atoms. The van der Waals surface area contributed by atoms with E-state index in [-0.39, 0.29) is 11.3 Å². The fourth-order valence-electron chi connectivity index (χ4n) is 2.68. The molecule has 0 aliphatic rings. The first-order chi connectivity index (χ1) is 12.9. The maximum absolute atomic E-state index is 12.3. The van der Waals surface area contributed by atoms with Crippen LogP contribution in [0.5, 0.6) is 0 Å². The molecular formula is C22H25N3OS. The van der Waals surface area contributed by atoms with Crippen LogP contribution in [0.3, 0.4) is 0 Å². The summed E-state index contributed by atoms with van der Waals surface area (Å²) >= 11 is 1.60. The fraction of sp³-hybridized carbons (Fsp3) is 0.273. The molecule has 4 nitrogen and oxygen atoms in total. The average Bonchev–Trinajstić information content (AvgIpc) is 3.14. The topological polar surface area (TPSA) is 57.8 Å². The Hall–Kier alpha value is -2.53. The number of benzene rings is 2. The van der Waals surface area contributed by atoms with Gasteiger partial charge in [-0.1, -0.05) is 75.0 Å². The van der Waals surface area contributed by atoms with Gasteiger partial charge in [0.1, 0.15) is 0 Å². The van der Waals surface area contributed by atoms with Crippen molar-refractivity contribution in [2.24, 2.45) is 0 Å². The molecule has 2 aromatic carbocycles. The summed E-state index contributed by atoms with van der Waals surface area (Å²) in [5.74, 6) is 0.716. The Kier molecular flexibility index (Phi) is 6.01. The van der Waals surface area contributed by atoms with Crippen molar-refractivity contribution in [2.75, 3.05) is 12.3 Å². The number of thioether (sulfide) groups is 1. The van der Waals surface area contributed by atoms with Gasteiger partial charge in [-0.25, -0.2) is 4.98 Å². The van der Waals surface area contributed by atoms with Gasteiger partial charge in [-0.3, -0.25) is 4.79 Å². The van der Waals surface area contributed by atoms with Crippen molar-refractivity contribution >= 4 is 17.7 Å². The predicted molar refractivity (Wildman–Crippen MR) is 112 cm³/mol. The van der Waals surface area contributed by atoms with Gasteiger partial charge in [0, 0.05) is 17.9 Å². The molecule has 0 atom stereocenters. The summed E-state index contributed by atoms with van der Waals surface area (Å²) in [4.78, 5) is 20.0. The van der Waals surface area contributed by atoms with Crippen molar-refractivity contribution in [3.63, 3.8) is 0 Å². The summed E-state index contributed by atoms with van der Waals surface area (Å²) < 4.78 is 0. The zero-order chi connectivity index (χ0) is 19.3. The number of amides is 1. The molecule has 2 N–H and O–H groups in total. The second-order valence-corrected chi connectivity index (χ2v) is 8.48. The average molecular weight is 380 g/mol. The van der Waals surface area contributed by atoms with E-state index in [2.05, 4.69) is 36.1 Å². The third-order valence-corrected chi connectivity index (χ3v) is 5.17. The maximum Gasteiger partial charge on any atom is 0.251 e. The molecule has 0 spiro atoms. The van der Waals surface area contributed by atoms with Gasteiger partial charge in [0.25, 0.3) is 5.91 Å². The Labute approximate surface area is 164 Å². The van der Waals surface area contributed by atoms with Crippen LogP contribution in [0.4, 0.5) is 0 Å². The summed E-state index contributed by atoms with van der Waals surface area (Å²) in [5, 5.41) is 3.82. The van der Waals surface area contributed by atoms with Crippen molar-refractivity contribution < 1.29 is 4.79 Å². The molecule has 1 aromatic heterocycles. The largest absolute Gasteiger partial charge is 0.351 e. The van der Waals surface area contributed by atoms with E-state index in [0.717, 1.165) is 22.2 Å². The Bertz CT molecular complexity index is 880. The normalized spacial score (nSPS) is 11.4. The summed E-state index contributed by atoms with van der Waals surface area (Å²) in [6, 6.07) is 17.9. The van der Waals surface area contributed by atoms with Gasteiger partial charge in [0.2, 0.25) is 0 Å². The van der Waals surface area contributed by atoms with Crippen molar-refractivity contribution in [3.05, 3.63) is 71.9 Å². The zero-order valence-corrected chi connectivity index (χ0v) is 16.8. The van der Waals surface area contributed by atoms with Crippen LogP contribution in [0.15, 0.2) is 66.0 Å². The van der Waals surface area contributed by atoms with E-state index in [9.17, 15) is 4.79 Å². The van der Waals surface area contributed by atoms with Gasteiger partial charge in [-0.05, 0) is 28.7 Å². The number of carbonyl (C=O) groups is 1.